The third-order valence-corrected chi connectivity index (χ3v) is 7.56. The number of benzene rings is 1. The highest BCUT2D eigenvalue weighted by atomic mass is 32.2. The molecule has 7 nitrogen and oxygen atoms in total. The molecule has 3 rings (SSSR count). The number of sulfone groups is 1. The Kier molecular flexibility index (Phi) is 6.14. The molecule has 0 unspecified atom stereocenters. The molecule has 2 heterocycles. The van der Waals surface area contributed by atoms with E-state index in [9.17, 15) is 18.0 Å². The van der Waals surface area contributed by atoms with Crippen LogP contribution in [0.5, 0.6) is 0 Å². The van der Waals surface area contributed by atoms with E-state index in [1.807, 2.05) is 19.9 Å². The number of hydrogen-bond acceptors (Lipinski definition) is 6. The van der Waals surface area contributed by atoms with Crippen molar-refractivity contribution in [3.05, 3.63) is 34.6 Å². The van der Waals surface area contributed by atoms with E-state index in [0.717, 1.165) is 0 Å². The van der Waals surface area contributed by atoms with Gasteiger partial charge in [-0.25, -0.2) is 13.4 Å². The van der Waals surface area contributed by atoms with Gasteiger partial charge in [0.2, 0.25) is 5.91 Å². The Morgan fingerprint density at radius 2 is 2.07 bits per heavy atom. The maximum absolute atomic E-state index is 12.9. The first-order chi connectivity index (χ1) is 13.2. The van der Waals surface area contributed by atoms with Gasteiger partial charge in [0.05, 0.1) is 28.2 Å². The number of carbonyl (C=O) groups is 1. The summed E-state index contributed by atoms with van der Waals surface area (Å²) in [6.45, 7) is 4.53. The zero-order chi connectivity index (χ0) is 20.5. The summed E-state index contributed by atoms with van der Waals surface area (Å²) in [7, 11) is -1.43. The van der Waals surface area contributed by atoms with Crippen LogP contribution in [0.1, 0.15) is 20.3 Å². The van der Waals surface area contributed by atoms with Crippen LogP contribution < -0.4 is 5.56 Å². The van der Waals surface area contributed by atoms with Gasteiger partial charge < -0.3 is 4.90 Å². The van der Waals surface area contributed by atoms with Crippen molar-refractivity contribution in [3.63, 3.8) is 0 Å². The van der Waals surface area contributed by atoms with Gasteiger partial charge in [0.1, 0.15) is 0 Å². The van der Waals surface area contributed by atoms with Gasteiger partial charge in [-0.15, -0.1) is 0 Å². The molecule has 1 fully saturated rings. The van der Waals surface area contributed by atoms with Crippen LogP contribution in [-0.2, 0) is 21.7 Å². The van der Waals surface area contributed by atoms with Gasteiger partial charge in [0.25, 0.3) is 5.56 Å². The van der Waals surface area contributed by atoms with E-state index < -0.39 is 9.84 Å². The minimum atomic E-state index is -3.07. The summed E-state index contributed by atoms with van der Waals surface area (Å²) < 4.78 is 25.1. The summed E-state index contributed by atoms with van der Waals surface area (Å²) in [6, 6.07) is 6.85. The van der Waals surface area contributed by atoms with Crippen LogP contribution >= 0.6 is 11.8 Å². The Hall–Kier alpha value is -1.87. The van der Waals surface area contributed by atoms with Crippen LogP contribution in [0.25, 0.3) is 10.9 Å². The fraction of sp³-hybridized carbons (Fsp3) is 0.526. The predicted octanol–water partition coefficient (Wildman–Crippen LogP) is 1.70. The molecule has 1 atom stereocenters. The number of para-hydroxylation sites is 1. The highest BCUT2D eigenvalue weighted by Gasteiger charge is 2.34. The molecule has 1 amide bonds. The second-order valence-corrected chi connectivity index (χ2v) is 10.7. The first-order valence-electron chi connectivity index (χ1n) is 9.26. The van der Waals surface area contributed by atoms with E-state index in [-0.39, 0.29) is 40.7 Å². The molecule has 9 heteroatoms. The fourth-order valence-corrected chi connectivity index (χ4v) is 5.99. The van der Waals surface area contributed by atoms with Crippen LogP contribution in [0.2, 0.25) is 0 Å². The average Bonchev–Trinajstić information content (AvgIpc) is 3.00. The van der Waals surface area contributed by atoms with E-state index in [1.54, 1.807) is 30.1 Å². The summed E-state index contributed by atoms with van der Waals surface area (Å²) in [5.74, 6) is 0.390. The Morgan fingerprint density at radius 1 is 1.36 bits per heavy atom. The average molecular weight is 424 g/mol. The van der Waals surface area contributed by atoms with Gasteiger partial charge in [-0.1, -0.05) is 37.7 Å². The van der Waals surface area contributed by atoms with E-state index in [2.05, 4.69) is 4.98 Å². The molecular formula is C19H25N3O4S2. The van der Waals surface area contributed by atoms with E-state index in [1.165, 1.54) is 16.3 Å². The Balaban J connectivity index is 1.78. The van der Waals surface area contributed by atoms with Crippen LogP contribution in [0, 0.1) is 5.92 Å². The van der Waals surface area contributed by atoms with Crippen LogP contribution in [0.15, 0.2) is 34.2 Å². The molecule has 1 aliphatic heterocycles. The molecule has 1 aromatic heterocycles. The summed E-state index contributed by atoms with van der Waals surface area (Å²) >= 11 is 1.21. The highest BCUT2D eigenvalue weighted by molar-refractivity contribution is 7.99. The van der Waals surface area contributed by atoms with Crippen molar-refractivity contribution in [2.75, 3.05) is 23.8 Å². The van der Waals surface area contributed by atoms with Gasteiger partial charge in [0, 0.05) is 19.6 Å². The maximum Gasteiger partial charge on any atom is 0.261 e. The lowest BCUT2D eigenvalue weighted by atomic mass is 10.1. The molecular weight excluding hydrogens is 398 g/mol. The topological polar surface area (TPSA) is 89.3 Å². The molecule has 0 N–H and O–H groups in total. The third-order valence-electron chi connectivity index (χ3n) is 4.80. The Morgan fingerprint density at radius 3 is 2.71 bits per heavy atom. The molecule has 28 heavy (non-hydrogen) atoms. The van der Waals surface area contributed by atoms with Gasteiger partial charge in [-0.05, 0) is 24.5 Å². The van der Waals surface area contributed by atoms with Crippen molar-refractivity contribution < 1.29 is 13.2 Å². The SMILES string of the molecule is CC(C)CN(C(=O)CSc1nc2ccccc2c(=O)n1C)[C@@H]1CCS(=O)(=O)C1. The third kappa shape index (κ3) is 4.57. The van der Waals surface area contributed by atoms with E-state index >= 15 is 0 Å². The van der Waals surface area contributed by atoms with Crippen molar-refractivity contribution in [1.29, 1.82) is 0 Å². The molecule has 1 aromatic carbocycles. The van der Waals surface area contributed by atoms with Gasteiger partial charge >= 0.3 is 0 Å². The van der Waals surface area contributed by atoms with Crippen LogP contribution in [0.3, 0.4) is 0 Å². The zero-order valence-electron chi connectivity index (χ0n) is 16.3. The van der Waals surface area contributed by atoms with Crippen molar-refractivity contribution >= 4 is 38.4 Å². The van der Waals surface area contributed by atoms with Gasteiger partial charge in [-0.3, -0.25) is 14.2 Å². The second-order valence-electron chi connectivity index (χ2n) is 7.56. The van der Waals surface area contributed by atoms with E-state index in [4.69, 9.17) is 0 Å². The predicted molar refractivity (Wildman–Crippen MR) is 111 cm³/mol. The summed E-state index contributed by atoms with van der Waals surface area (Å²) in [6.07, 6.45) is 0.484. The maximum atomic E-state index is 12.9. The summed E-state index contributed by atoms with van der Waals surface area (Å²) in [4.78, 5) is 31.6. The highest BCUT2D eigenvalue weighted by Crippen LogP contribution is 2.22. The Labute approximate surface area is 169 Å². The largest absolute Gasteiger partial charge is 0.338 e. The quantitative estimate of drug-likeness (QED) is 0.519. The standard InChI is InChI=1S/C19H25N3O4S2/c1-13(2)10-22(14-8-9-28(25,26)12-14)17(23)11-27-19-20-16-7-5-4-6-15(16)18(24)21(19)3/h4-7,13-14H,8-12H2,1-3H3/t14-/m1/s1. The number of amides is 1. The Bertz CT molecular complexity index is 1050. The number of hydrogen-bond donors (Lipinski definition) is 0. The molecule has 2 aromatic rings. The van der Waals surface area contributed by atoms with Gasteiger partial charge in [0.15, 0.2) is 15.0 Å². The van der Waals surface area contributed by atoms with Crippen molar-refractivity contribution in [1.82, 2.24) is 14.5 Å². The first-order valence-corrected chi connectivity index (χ1v) is 12.1. The molecule has 0 spiro atoms. The van der Waals surface area contributed by atoms with Crippen LogP contribution in [0.4, 0.5) is 0 Å². The lowest BCUT2D eigenvalue weighted by molar-refractivity contribution is -0.130. The van der Waals surface area contributed by atoms with Crippen molar-refractivity contribution in [2.24, 2.45) is 13.0 Å². The van der Waals surface area contributed by atoms with Gasteiger partial charge in [-0.2, -0.15) is 0 Å². The molecule has 0 radical (unpaired) electrons. The monoisotopic (exact) mass is 423 g/mol. The summed E-state index contributed by atoms with van der Waals surface area (Å²) in [5.41, 5.74) is 0.447. The number of nitrogens with zero attached hydrogens (tertiary/aromatic N) is 3. The molecule has 1 aliphatic rings. The number of aromatic nitrogens is 2. The normalized spacial score (nSPS) is 18.6. The first kappa shape index (κ1) is 20.9. The van der Waals surface area contributed by atoms with Crippen molar-refractivity contribution in [2.45, 2.75) is 31.5 Å². The molecule has 1 saturated heterocycles. The molecule has 152 valence electrons. The van der Waals surface area contributed by atoms with Crippen LogP contribution in [-0.4, -0.2) is 58.6 Å². The number of thioether (sulfide) groups is 1. The lowest BCUT2D eigenvalue weighted by Crippen LogP contribution is -2.44. The number of carbonyl (C=O) groups excluding carboxylic acids is 1. The fourth-order valence-electron chi connectivity index (χ4n) is 3.40. The second kappa shape index (κ2) is 8.24. The number of rotatable bonds is 6. The smallest absolute Gasteiger partial charge is 0.261 e. The minimum absolute atomic E-state index is 0.0306. The lowest BCUT2D eigenvalue weighted by Gasteiger charge is -2.30. The zero-order valence-corrected chi connectivity index (χ0v) is 17.9. The van der Waals surface area contributed by atoms with Crippen molar-refractivity contribution in [3.8, 4) is 0 Å². The summed E-state index contributed by atoms with van der Waals surface area (Å²) in [5, 5.41) is 1.01. The molecule has 0 bridgehead atoms. The number of fused-ring (bicyclic) bond motifs is 1. The minimum Gasteiger partial charge on any atom is -0.338 e. The molecule has 0 saturated carbocycles. The molecule has 0 aliphatic carbocycles. The van der Waals surface area contributed by atoms with E-state index in [0.29, 0.717) is 29.0 Å².